The Balaban J connectivity index is 1.65. The van der Waals surface area contributed by atoms with Crippen molar-refractivity contribution in [3.63, 3.8) is 0 Å². The van der Waals surface area contributed by atoms with E-state index in [-0.39, 0.29) is 0 Å². The van der Waals surface area contributed by atoms with Crippen molar-refractivity contribution in [3.8, 4) is 11.8 Å². The minimum Gasteiger partial charge on any atom is -0.391 e. The normalized spacial score (nSPS) is 15.0. The summed E-state index contributed by atoms with van der Waals surface area (Å²) < 4.78 is 0. The van der Waals surface area contributed by atoms with E-state index in [0.717, 1.165) is 28.9 Å². The first-order valence-corrected chi connectivity index (χ1v) is 9.32. The third-order valence-electron chi connectivity index (χ3n) is 4.63. The molecule has 1 heterocycles. The number of carbonyl (C=O) groups is 2. The molecule has 0 aliphatic carbocycles. The number of nitrogens with one attached hydrogen (secondary N) is 2. The van der Waals surface area contributed by atoms with E-state index < -0.39 is 18.1 Å². The molecule has 0 bridgehead atoms. The van der Waals surface area contributed by atoms with Crippen LogP contribution in [0.5, 0.6) is 0 Å². The second kappa shape index (κ2) is 9.20. The lowest BCUT2D eigenvalue weighted by atomic mass is 10.1. The number of aldehydes is 1. The van der Waals surface area contributed by atoms with Crippen LogP contribution in [0.4, 0.5) is 0 Å². The van der Waals surface area contributed by atoms with Crippen molar-refractivity contribution < 1.29 is 14.7 Å². The minimum absolute atomic E-state index is 0.398. The zero-order valence-electron chi connectivity index (χ0n) is 16.3. The SMILES string of the molecule is CC(O)C(C=O)NC(=O)c1ccc(C#Cc2ccc(C3=CCNN3C)cc2)cc1. The molecular formula is C23H23N3O3. The van der Waals surface area contributed by atoms with E-state index in [0.29, 0.717) is 11.8 Å². The summed E-state index contributed by atoms with van der Waals surface area (Å²) in [5, 5.41) is 13.9. The molecule has 1 amide bonds. The maximum Gasteiger partial charge on any atom is 0.251 e. The minimum atomic E-state index is -0.949. The largest absolute Gasteiger partial charge is 0.391 e. The van der Waals surface area contributed by atoms with Crippen molar-refractivity contribution in [2.75, 3.05) is 13.6 Å². The number of nitrogens with zero attached hydrogens (tertiary/aromatic N) is 1. The highest BCUT2D eigenvalue weighted by atomic mass is 16.3. The van der Waals surface area contributed by atoms with Gasteiger partial charge in [-0.2, -0.15) is 0 Å². The second-order valence-corrected chi connectivity index (χ2v) is 6.79. The molecule has 6 heteroatoms. The molecule has 1 aliphatic heterocycles. The first kappa shape index (κ1) is 20.3. The molecule has 0 saturated carbocycles. The summed E-state index contributed by atoms with van der Waals surface area (Å²) in [4.78, 5) is 23.0. The number of hydrogen-bond donors (Lipinski definition) is 3. The zero-order chi connectivity index (χ0) is 20.8. The number of aliphatic hydroxyl groups excluding tert-OH is 1. The number of carbonyl (C=O) groups excluding carboxylic acids is 2. The van der Waals surface area contributed by atoms with E-state index in [1.807, 2.05) is 36.3 Å². The lowest BCUT2D eigenvalue weighted by Gasteiger charge is -2.16. The van der Waals surface area contributed by atoms with Crippen LogP contribution in [0, 0.1) is 11.8 Å². The van der Waals surface area contributed by atoms with E-state index in [2.05, 4.69) is 28.7 Å². The monoisotopic (exact) mass is 389 g/mol. The van der Waals surface area contributed by atoms with Crippen molar-refractivity contribution in [3.05, 3.63) is 76.9 Å². The number of benzene rings is 2. The number of amides is 1. The van der Waals surface area contributed by atoms with E-state index in [1.54, 1.807) is 24.3 Å². The van der Waals surface area contributed by atoms with Gasteiger partial charge in [-0.05, 0) is 55.0 Å². The molecule has 0 saturated heterocycles. The van der Waals surface area contributed by atoms with Crippen molar-refractivity contribution in [2.24, 2.45) is 0 Å². The molecule has 3 rings (SSSR count). The Morgan fingerprint density at radius 3 is 2.21 bits per heavy atom. The molecule has 2 atom stereocenters. The molecule has 0 radical (unpaired) electrons. The molecule has 29 heavy (non-hydrogen) atoms. The fraction of sp³-hybridized carbons (Fsp3) is 0.217. The van der Waals surface area contributed by atoms with Crippen molar-refractivity contribution in [2.45, 2.75) is 19.1 Å². The summed E-state index contributed by atoms with van der Waals surface area (Å²) >= 11 is 0. The van der Waals surface area contributed by atoms with Crippen LogP contribution < -0.4 is 10.7 Å². The topological polar surface area (TPSA) is 81.7 Å². The van der Waals surface area contributed by atoms with Crippen LogP contribution in [0.15, 0.2) is 54.6 Å². The maximum absolute atomic E-state index is 12.1. The van der Waals surface area contributed by atoms with Gasteiger partial charge in [0, 0.05) is 30.3 Å². The number of hydrazine groups is 1. The van der Waals surface area contributed by atoms with Crippen LogP contribution in [0.1, 0.15) is 34.0 Å². The Morgan fingerprint density at radius 1 is 1.14 bits per heavy atom. The summed E-state index contributed by atoms with van der Waals surface area (Å²) in [6, 6.07) is 13.9. The molecular weight excluding hydrogens is 366 g/mol. The first-order valence-electron chi connectivity index (χ1n) is 9.32. The Labute approximate surface area is 170 Å². The number of hydrogen-bond acceptors (Lipinski definition) is 5. The molecule has 2 unspecified atom stereocenters. The van der Waals surface area contributed by atoms with Gasteiger partial charge in [0.1, 0.15) is 12.3 Å². The van der Waals surface area contributed by atoms with Gasteiger partial charge in [0.2, 0.25) is 0 Å². The van der Waals surface area contributed by atoms with E-state index in [1.165, 1.54) is 6.92 Å². The Kier molecular flexibility index (Phi) is 6.45. The fourth-order valence-corrected chi connectivity index (χ4v) is 2.89. The predicted molar refractivity (Wildman–Crippen MR) is 112 cm³/mol. The molecule has 0 fully saturated rings. The number of aliphatic hydroxyl groups is 1. The highest BCUT2D eigenvalue weighted by Crippen LogP contribution is 2.19. The average molecular weight is 389 g/mol. The van der Waals surface area contributed by atoms with E-state index in [9.17, 15) is 14.7 Å². The van der Waals surface area contributed by atoms with Gasteiger partial charge in [0.05, 0.1) is 11.8 Å². The molecule has 2 aromatic rings. The standard InChI is InChI=1S/C23H23N3O3/c1-16(28)21(15-27)25-23(29)20-11-7-18(8-12-20)4-3-17-5-9-19(10-6-17)22-13-14-24-26(22)2/h5-13,15-16,21,24,28H,14H2,1-2H3,(H,25,29). The van der Waals surface area contributed by atoms with Crippen LogP contribution in [0.2, 0.25) is 0 Å². The van der Waals surface area contributed by atoms with Gasteiger partial charge in [0.25, 0.3) is 5.91 Å². The molecule has 148 valence electrons. The first-order chi connectivity index (χ1) is 14.0. The van der Waals surface area contributed by atoms with Gasteiger partial charge >= 0.3 is 0 Å². The van der Waals surface area contributed by atoms with Crippen molar-refractivity contribution >= 4 is 17.9 Å². The summed E-state index contributed by atoms with van der Waals surface area (Å²) in [6.07, 6.45) is 1.71. The van der Waals surface area contributed by atoms with Crippen LogP contribution in [-0.2, 0) is 4.79 Å². The molecule has 0 aromatic heterocycles. The Bertz CT molecular complexity index is 967. The molecule has 3 N–H and O–H groups in total. The van der Waals surface area contributed by atoms with E-state index >= 15 is 0 Å². The summed E-state index contributed by atoms with van der Waals surface area (Å²) in [5.74, 6) is 5.78. The van der Waals surface area contributed by atoms with Gasteiger partial charge in [0.15, 0.2) is 0 Å². The fourth-order valence-electron chi connectivity index (χ4n) is 2.89. The lowest BCUT2D eigenvalue weighted by Crippen LogP contribution is -2.43. The average Bonchev–Trinajstić information content (AvgIpc) is 3.16. The van der Waals surface area contributed by atoms with Crippen molar-refractivity contribution in [1.29, 1.82) is 0 Å². The highest BCUT2D eigenvalue weighted by molar-refractivity contribution is 5.95. The van der Waals surface area contributed by atoms with Gasteiger partial charge in [-0.1, -0.05) is 24.0 Å². The third kappa shape index (κ3) is 5.11. The lowest BCUT2D eigenvalue weighted by molar-refractivity contribution is -0.111. The van der Waals surface area contributed by atoms with Crippen LogP contribution in [0.3, 0.4) is 0 Å². The van der Waals surface area contributed by atoms with Gasteiger partial charge in [-0.3, -0.25) is 4.79 Å². The summed E-state index contributed by atoms with van der Waals surface area (Å²) in [6.45, 7) is 2.28. The van der Waals surface area contributed by atoms with Crippen LogP contribution in [0.25, 0.3) is 5.70 Å². The quantitative estimate of drug-likeness (QED) is 0.534. The summed E-state index contributed by atoms with van der Waals surface area (Å²) in [7, 11) is 1.99. The highest BCUT2D eigenvalue weighted by Gasteiger charge is 2.17. The Hall–Kier alpha value is -3.40. The maximum atomic E-state index is 12.1. The van der Waals surface area contributed by atoms with Gasteiger partial charge < -0.3 is 20.2 Å². The third-order valence-corrected chi connectivity index (χ3v) is 4.63. The summed E-state index contributed by atoms with van der Waals surface area (Å²) in [5.41, 5.74) is 7.56. The van der Waals surface area contributed by atoms with Crippen LogP contribution in [-0.4, -0.2) is 48.0 Å². The zero-order valence-corrected chi connectivity index (χ0v) is 16.3. The van der Waals surface area contributed by atoms with Crippen LogP contribution >= 0.6 is 0 Å². The van der Waals surface area contributed by atoms with Gasteiger partial charge in [-0.15, -0.1) is 0 Å². The van der Waals surface area contributed by atoms with E-state index in [4.69, 9.17) is 0 Å². The smallest absolute Gasteiger partial charge is 0.251 e. The Morgan fingerprint density at radius 2 is 1.72 bits per heavy atom. The molecule has 1 aliphatic rings. The second-order valence-electron chi connectivity index (χ2n) is 6.79. The molecule has 6 nitrogen and oxygen atoms in total. The van der Waals surface area contributed by atoms with Crippen molar-refractivity contribution in [1.82, 2.24) is 15.8 Å². The number of rotatable bonds is 5. The predicted octanol–water partition coefficient (Wildman–Crippen LogP) is 1.56. The van der Waals surface area contributed by atoms with Gasteiger partial charge in [-0.25, -0.2) is 5.43 Å². The molecule has 2 aromatic carbocycles. The molecule has 0 spiro atoms.